The number of nitrogens with one attached hydrogen (secondary N) is 2. The standard InChI is InChI=1S/C16H16Cl2N2O5S/c1-3-25-16(21)19-13-9-10(7-8-14(13)24-2)26(22,23)20-15-11(17)5-4-6-12(15)18/h4-9,20H,3H2,1-2H3,(H,19,21). The first-order valence-electron chi connectivity index (χ1n) is 7.37. The highest BCUT2D eigenvalue weighted by molar-refractivity contribution is 7.92. The van der Waals surface area contributed by atoms with Crippen LogP contribution in [0.3, 0.4) is 0 Å². The third kappa shape index (κ3) is 4.72. The van der Waals surface area contributed by atoms with Crippen LogP contribution in [-0.4, -0.2) is 28.2 Å². The van der Waals surface area contributed by atoms with E-state index < -0.39 is 16.1 Å². The number of rotatable bonds is 6. The third-order valence-corrected chi connectivity index (χ3v) is 5.17. The van der Waals surface area contributed by atoms with Crippen molar-refractivity contribution in [3.8, 4) is 5.75 Å². The van der Waals surface area contributed by atoms with Gasteiger partial charge in [0.15, 0.2) is 0 Å². The molecule has 1 amide bonds. The number of carbonyl (C=O) groups excluding carboxylic acids is 1. The smallest absolute Gasteiger partial charge is 0.411 e. The Labute approximate surface area is 161 Å². The summed E-state index contributed by atoms with van der Waals surface area (Å²) in [7, 11) is -2.63. The largest absolute Gasteiger partial charge is 0.495 e. The van der Waals surface area contributed by atoms with E-state index in [0.29, 0.717) is 0 Å². The number of benzene rings is 2. The van der Waals surface area contributed by atoms with Crippen LogP contribution in [0, 0.1) is 0 Å². The van der Waals surface area contributed by atoms with Gasteiger partial charge in [0.2, 0.25) is 0 Å². The van der Waals surface area contributed by atoms with E-state index in [9.17, 15) is 13.2 Å². The second kappa shape index (κ2) is 8.48. The van der Waals surface area contributed by atoms with Gasteiger partial charge in [0.25, 0.3) is 10.0 Å². The van der Waals surface area contributed by atoms with Crippen molar-refractivity contribution in [3.05, 3.63) is 46.4 Å². The normalized spacial score (nSPS) is 10.9. The summed E-state index contributed by atoms with van der Waals surface area (Å²) in [6.07, 6.45) is -0.734. The molecule has 0 fully saturated rings. The average Bonchev–Trinajstić information content (AvgIpc) is 2.58. The van der Waals surface area contributed by atoms with E-state index in [0.717, 1.165) is 0 Å². The Morgan fingerprint density at radius 3 is 2.38 bits per heavy atom. The fourth-order valence-corrected chi connectivity index (χ4v) is 3.75. The van der Waals surface area contributed by atoms with Crippen LogP contribution in [0.25, 0.3) is 0 Å². The second-order valence-electron chi connectivity index (χ2n) is 4.91. The van der Waals surface area contributed by atoms with Gasteiger partial charge in [-0.15, -0.1) is 0 Å². The highest BCUT2D eigenvalue weighted by Gasteiger charge is 2.20. The zero-order valence-corrected chi connectivity index (χ0v) is 16.2. The van der Waals surface area contributed by atoms with E-state index in [-0.39, 0.29) is 38.7 Å². The number of methoxy groups -OCH3 is 1. The van der Waals surface area contributed by atoms with Gasteiger partial charge >= 0.3 is 6.09 Å². The predicted molar refractivity (Wildman–Crippen MR) is 101 cm³/mol. The molecule has 140 valence electrons. The highest BCUT2D eigenvalue weighted by Crippen LogP contribution is 2.33. The van der Waals surface area contributed by atoms with Crippen molar-refractivity contribution in [1.29, 1.82) is 0 Å². The van der Waals surface area contributed by atoms with Crippen LogP contribution < -0.4 is 14.8 Å². The maximum Gasteiger partial charge on any atom is 0.411 e. The number of hydrogen-bond acceptors (Lipinski definition) is 5. The van der Waals surface area contributed by atoms with Crippen LogP contribution in [0.15, 0.2) is 41.3 Å². The van der Waals surface area contributed by atoms with Crippen molar-refractivity contribution < 1.29 is 22.7 Å². The molecule has 0 aliphatic carbocycles. The van der Waals surface area contributed by atoms with E-state index in [1.165, 1.54) is 37.4 Å². The zero-order valence-electron chi connectivity index (χ0n) is 13.9. The molecule has 0 unspecified atom stereocenters. The van der Waals surface area contributed by atoms with Crippen molar-refractivity contribution in [2.45, 2.75) is 11.8 Å². The van der Waals surface area contributed by atoms with Gasteiger partial charge < -0.3 is 9.47 Å². The molecule has 2 rings (SSSR count). The Bertz CT molecular complexity index is 899. The monoisotopic (exact) mass is 418 g/mol. The summed E-state index contributed by atoms with van der Waals surface area (Å²) in [5.74, 6) is 0.271. The number of carbonyl (C=O) groups is 1. The first kappa shape index (κ1) is 20.2. The van der Waals surface area contributed by atoms with Gasteiger partial charge in [0.1, 0.15) is 5.75 Å². The summed E-state index contributed by atoms with van der Waals surface area (Å²) < 4.78 is 37.6. The maximum absolute atomic E-state index is 12.7. The van der Waals surface area contributed by atoms with Gasteiger partial charge in [-0.1, -0.05) is 29.3 Å². The molecule has 2 aromatic carbocycles. The van der Waals surface area contributed by atoms with E-state index in [4.69, 9.17) is 32.7 Å². The summed E-state index contributed by atoms with van der Waals surface area (Å²) in [6, 6.07) is 8.58. The summed E-state index contributed by atoms with van der Waals surface area (Å²) in [6.45, 7) is 1.81. The van der Waals surface area contributed by atoms with Crippen LogP contribution in [0.1, 0.15) is 6.92 Å². The first-order valence-corrected chi connectivity index (χ1v) is 9.61. The molecule has 0 heterocycles. The number of anilines is 2. The zero-order chi connectivity index (χ0) is 19.3. The molecule has 0 spiro atoms. The molecule has 2 aromatic rings. The van der Waals surface area contributed by atoms with Gasteiger partial charge in [-0.2, -0.15) is 0 Å². The lowest BCUT2D eigenvalue weighted by Gasteiger charge is -2.14. The third-order valence-electron chi connectivity index (χ3n) is 3.19. The fourth-order valence-electron chi connectivity index (χ4n) is 2.02. The Balaban J connectivity index is 2.39. The summed E-state index contributed by atoms with van der Waals surface area (Å²) in [5.41, 5.74) is 0.200. The number of hydrogen-bond donors (Lipinski definition) is 2. The molecule has 0 atom stereocenters. The minimum atomic E-state index is -4.02. The van der Waals surface area contributed by atoms with Gasteiger partial charge in [0.05, 0.1) is 40.0 Å². The Kier molecular flexibility index (Phi) is 6.57. The van der Waals surface area contributed by atoms with Crippen molar-refractivity contribution in [3.63, 3.8) is 0 Å². The molecule has 0 aliphatic rings. The number of sulfonamides is 1. The summed E-state index contributed by atoms with van der Waals surface area (Å²) >= 11 is 12.0. The van der Waals surface area contributed by atoms with E-state index >= 15 is 0 Å². The Hall–Kier alpha value is -2.16. The SMILES string of the molecule is CCOC(=O)Nc1cc(S(=O)(=O)Nc2c(Cl)cccc2Cl)ccc1OC. The van der Waals surface area contributed by atoms with Crippen LogP contribution in [0.5, 0.6) is 5.75 Å². The van der Waals surface area contributed by atoms with Gasteiger partial charge in [-0.3, -0.25) is 10.0 Å². The van der Waals surface area contributed by atoms with Crippen LogP contribution in [-0.2, 0) is 14.8 Å². The molecule has 10 heteroatoms. The van der Waals surface area contributed by atoms with Crippen molar-refractivity contribution >= 4 is 50.7 Å². The molecule has 26 heavy (non-hydrogen) atoms. The van der Waals surface area contributed by atoms with Crippen molar-refractivity contribution in [2.75, 3.05) is 23.8 Å². The summed E-state index contributed by atoms with van der Waals surface area (Å²) in [5, 5.41) is 2.74. The lowest BCUT2D eigenvalue weighted by Crippen LogP contribution is -2.16. The number of amides is 1. The quantitative estimate of drug-likeness (QED) is 0.725. The van der Waals surface area contributed by atoms with E-state index in [1.807, 2.05) is 0 Å². The number of para-hydroxylation sites is 1. The first-order chi connectivity index (χ1) is 12.3. The minimum absolute atomic E-state index is 0.0616. The van der Waals surface area contributed by atoms with Crippen molar-refractivity contribution in [2.24, 2.45) is 0 Å². The molecule has 0 aliphatic heterocycles. The lowest BCUT2D eigenvalue weighted by molar-refractivity contribution is 0.168. The fraction of sp³-hybridized carbons (Fsp3) is 0.188. The highest BCUT2D eigenvalue weighted by atomic mass is 35.5. The molecule has 0 radical (unpaired) electrons. The van der Waals surface area contributed by atoms with Crippen molar-refractivity contribution in [1.82, 2.24) is 0 Å². The molecule has 2 N–H and O–H groups in total. The molecule has 0 saturated heterocycles. The molecule has 0 bridgehead atoms. The molecule has 0 saturated carbocycles. The average molecular weight is 419 g/mol. The second-order valence-corrected chi connectivity index (χ2v) is 7.41. The number of ether oxygens (including phenoxy) is 2. The van der Waals surface area contributed by atoms with Crippen LogP contribution in [0.2, 0.25) is 10.0 Å². The lowest BCUT2D eigenvalue weighted by atomic mass is 10.3. The van der Waals surface area contributed by atoms with Gasteiger partial charge in [-0.25, -0.2) is 13.2 Å². The molecular weight excluding hydrogens is 403 g/mol. The Morgan fingerprint density at radius 2 is 1.81 bits per heavy atom. The van der Waals surface area contributed by atoms with Gasteiger partial charge in [0, 0.05) is 0 Å². The Morgan fingerprint density at radius 1 is 1.15 bits per heavy atom. The maximum atomic E-state index is 12.7. The van der Waals surface area contributed by atoms with Gasteiger partial charge in [-0.05, 0) is 37.3 Å². The topological polar surface area (TPSA) is 93.7 Å². The van der Waals surface area contributed by atoms with E-state index in [1.54, 1.807) is 13.0 Å². The van der Waals surface area contributed by atoms with Crippen LogP contribution in [0.4, 0.5) is 16.2 Å². The predicted octanol–water partition coefficient (Wildman–Crippen LogP) is 4.37. The van der Waals surface area contributed by atoms with E-state index in [2.05, 4.69) is 10.0 Å². The molecular formula is C16H16Cl2N2O5S. The van der Waals surface area contributed by atoms with Crippen LogP contribution >= 0.6 is 23.2 Å². The number of halogens is 2. The molecule has 7 nitrogen and oxygen atoms in total. The minimum Gasteiger partial charge on any atom is -0.495 e. The summed E-state index contributed by atoms with van der Waals surface area (Å²) in [4.78, 5) is 11.5. The molecule has 0 aromatic heterocycles.